The monoisotopic (exact) mass is 170 g/mol. The molecule has 0 saturated carbocycles. The molecule has 1 saturated heterocycles. The van der Waals surface area contributed by atoms with E-state index in [9.17, 15) is 9.59 Å². The zero-order valence-corrected chi connectivity index (χ0v) is 7.46. The number of hydrogen-bond donors (Lipinski definition) is 1. The van der Waals surface area contributed by atoms with E-state index in [1.165, 1.54) is 0 Å². The summed E-state index contributed by atoms with van der Waals surface area (Å²) in [5, 5.41) is 2.76. The topological polar surface area (TPSA) is 49.4 Å². The van der Waals surface area contributed by atoms with Crippen LogP contribution in [0.1, 0.15) is 13.8 Å². The van der Waals surface area contributed by atoms with Crippen LogP contribution in [0, 0.1) is 0 Å². The van der Waals surface area contributed by atoms with E-state index in [4.69, 9.17) is 0 Å². The molecule has 0 bridgehead atoms. The van der Waals surface area contributed by atoms with Crippen molar-refractivity contribution in [2.45, 2.75) is 19.4 Å². The maximum atomic E-state index is 11.3. The van der Waals surface area contributed by atoms with Crippen molar-refractivity contribution in [1.29, 1.82) is 0 Å². The summed E-state index contributed by atoms with van der Waals surface area (Å²) in [6.45, 7) is 5.37. The van der Waals surface area contributed by atoms with Gasteiger partial charge in [-0.05, 0) is 13.8 Å². The molecule has 1 heterocycles. The van der Waals surface area contributed by atoms with Crippen molar-refractivity contribution < 1.29 is 9.59 Å². The molecular formula is C8H14N2O2. The summed E-state index contributed by atoms with van der Waals surface area (Å²) < 4.78 is 0. The summed E-state index contributed by atoms with van der Waals surface area (Å²) in [4.78, 5) is 23.5. The lowest BCUT2D eigenvalue weighted by molar-refractivity contribution is -0.135. The SMILES string of the molecule is CC1(C)C(=O)NCCN1CC=O. The second-order valence-electron chi connectivity index (χ2n) is 3.43. The number of hydrogen-bond acceptors (Lipinski definition) is 3. The summed E-state index contributed by atoms with van der Waals surface area (Å²) in [7, 11) is 0. The van der Waals surface area contributed by atoms with Gasteiger partial charge >= 0.3 is 0 Å². The number of nitrogens with one attached hydrogen (secondary N) is 1. The van der Waals surface area contributed by atoms with E-state index >= 15 is 0 Å². The predicted molar refractivity (Wildman–Crippen MR) is 44.7 cm³/mol. The zero-order valence-electron chi connectivity index (χ0n) is 7.46. The number of carbonyl (C=O) groups excluding carboxylic acids is 2. The zero-order chi connectivity index (χ0) is 9.19. The van der Waals surface area contributed by atoms with Crippen LogP contribution in [0.3, 0.4) is 0 Å². The molecule has 0 atom stereocenters. The highest BCUT2D eigenvalue weighted by Gasteiger charge is 2.36. The highest BCUT2D eigenvalue weighted by molar-refractivity contribution is 5.86. The van der Waals surface area contributed by atoms with E-state index in [-0.39, 0.29) is 5.91 Å². The van der Waals surface area contributed by atoms with Crippen molar-refractivity contribution in [3.63, 3.8) is 0 Å². The maximum absolute atomic E-state index is 11.3. The molecule has 1 rings (SSSR count). The summed E-state index contributed by atoms with van der Waals surface area (Å²) in [6, 6.07) is 0. The van der Waals surface area contributed by atoms with Crippen molar-refractivity contribution in [3.8, 4) is 0 Å². The molecule has 0 aliphatic carbocycles. The first-order valence-electron chi connectivity index (χ1n) is 4.06. The fourth-order valence-electron chi connectivity index (χ4n) is 1.35. The normalized spacial score (nSPS) is 23.3. The highest BCUT2D eigenvalue weighted by Crippen LogP contribution is 2.15. The number of carbonyl (C=O) groups is 2. The molecular weight excluding hydrogens is 156 g/mol. The predicted octanol–water partition coefficient (Wildman–Crippen LogP) is -0.604. The third kappa shape index (κ3) is 1.48. The van der Waals surface area contributed by atoms with Gasteiger partial charge in [-0.3, -0.25) is 9.69 Å². The van der Waals surface area contributed by atoms with Crippen LogP contribution in [0.2, 0.25) is 0 Å². The second kappa shape index (κ2) is 3.23. The minimum absolute atomic E-state index is 0.00407. The van der Waals surface area contributed by atoms with Gasteiger partial charge in [0.25, 0.3) is 0 Å². The number of rotatable bonds is 2. The first kappa shape index (κ1) is 9.19. The van der Waals surface area contributed by atoms with Crippen molar-refractivity contribution in [2.75, 3.05) is 19.6 Å². The molecule has 0 radical (unpaired) electrons. The lowest BCUT2D eigenvalue weighted by Crippen LogP contribution is -2.61. The molecule has 1 aliphatic heterocycles. The Morgan fingerprint density at radius 2 is 2.33 bits per heavy atom. The molecule has 12 heavy (non-hydrogen) atoms. The van der Waals surface area contributed by atoms with Crippen molar-refractivity contribution >= 4 is 12.2 Å². The summed E-state index contributed by atoms with van der Waals surface area (Å²) in [6.07, 6.45) is 0.834. The van der Waals surface area contributed by atoms with Gasteiger partial charge in [-0.2, -0.15) is 0 Å². The maximum Gasteiger partial charge on any atom is 0.240 e. The van der Waals surface area contributed by atoms with Crippen molar-refractivity contribution in [1.82, 2.24) is 10.2 Å². The third-order valence-corrected chi connectivity index (χ3v) is 2.31. The van der Waals surface area contributed by atoms with Crippen LogP contribution in [0.5, 0.6) is 0 Å². The average molecular weight is 170 g/mol. The Balaban J connectivity index is 2.71. The number of piperazine rings is 1. The third-order valence-electron chi connectivity index (χ3n) is 2.31. The van der Waals surface area contributed by atoms with Crippen LogP contribution in [-0.2, 0) is 9.59 Å². The van der Waals surface area contributed by atoms with Gasteiger partial charge < -0.3 is 10.1 Å². The fourth-order valence-corrected chi connectivity index (χ4v) is 1.35. The van der Waals surface area contributed by atoms with Crippen molar-refractivity contribution in [3.05, 3.63) is 0 Å². The summed E-state index contributed by atoms with van der Waals surface area (Å²) in [5.41, 5.74) is -0.542. The second-order valence-corrected chi connectivity index (χ2v) is 3.43. The van der Waals surface area contributed by atoms with E-state index in [0.717, 1.165) is 12.8 Å². The standard InChI is InChI=1S/C8H14N2O2/c1-8(2)7(12)9-3-4-10(8)5-6-11/h6H,3-5H2,1-2H3,(H,9,12). The number of nitrogens with zero attached hydrogens (tertiary/aromatic N) is 1. The molecule has 0 aromatic carbocycles. The van der Waals surface area contributed by atoms with Gasteiger partial charge in [-0.15, -0.1) is 0 Å². The van der Waals surface area contributed by atoms with Crippen LogP contribution < -0.4 is 5.32 Å². The lowest BCUT2D eigenvalue weighted by Gasteiger charge is -2.39. The van der Waals surface area contributed by atoms with Crippen LogP contribution in [0.25, 0.3) is 0 Å². The minimum atomic E-state index is -0.542. The fraction of sp³-hybridized carbons (Fsp3) is 0.750. The first-order valence-corrected chi connectivity index (χ1v) is 4.06. The number of aldehydes is 1. The molecule has 0 unspecified atom stereocenters. The quantitative estimate of drug-likeness (QED) is 0.563. The smallest absolute Gasteiger partial charge is 0.240 e. The van der Waals surface area contributed by atoms with Crippen LogP contribution in [0.15, 0.2) is 0 Å². The summed E-state index contributed by atoms with van der Waals surface area (Å²) in [5.74, 6) is -0.00407. The molecule has 0 aromatic rings. The molecule has 68 valence electrons. The highest BCUT2D eigenvalue weighted by atomic mass is 16.2. The van der Waals surface area contributed by atoms with Crippen LogP contribution >= 0.6 is 0 Å². The largest absolute Gasteiger partial charge is 0.353 e. The molecule has 0 spiro atoms. The van der Waals surface area contributed by atoms with E-state index in [0.29, 0.717) is 13.1 Å². The van der Waals surface area contributed by atoms with Gasteiger partial charge in [-0.1, -0.05) is 0 Å². The Labute approximate surface area is 71.9 Å². The van der Waals surface area contributed by atoms with E-state index in [1.807, 2.05) is 18.7 Å². The van der Waals surface area contributed by atoms with Gasteiger partial charge in [0.15, 0.2) is 0 Å². The van der Waals surface area contributed by atoms with Crippen molar-refractivity contribution in [2.24, 2.45) is 0 Å². The molecule has 1 N–H and O–H groups in total. The van der Waals surface area contributed by atoms with Gasteiger partial charge in [0.1, 0.15) is 6.29 Å². The lowest BCUT2D eigenvalue weighted by atomic mass is 9.99. The Morgan fingerprint density at radius 3 is 2.92 bits per heavy atom. The molecule has 1 fully saturated rings. The van der Waals surface area contributed by atoms with Gasteiger partial charge in [0.05, 0.1) is 12.1 Å². The molecule has 4 nitrogen and oxygen atoms in total. The minimum Gasteiger partial charge on any atom is -0.353 e. The Hall–Kier alpha value is -0.900. The number of amides is 1. The van der Waals surface area contributed by atoms with E-state index in [1.54, 1.807) is 0 Å². The van der Waals surface area contributed by atoms with Crippen LogP contribution in [0.4, 0.5) is 0 Å². The van der Waals surface area contributed by atoms with E-state index in [2.05, 4.69) is 5.32 Å². The Morgan fingerprint density at radius 1 is 1.67 bits per heavy atom. The van der Waals surface area contributed by atoms with Gasteiger partial charge in [0.2, 0.25) is 5.91 Å². The van der Waals surface area contributed by atoms with Gasteiger partial charge in [0, 0.05) is 13.1 Å². The Bertz CT molecular complexity index is 201. The Kier molecular flexibility index (Phi) is 2.47. The molecule has 0 aromatic heterocycles. The average Bonchev–Trinajstić information content (AvgIpc) is 2.00. The molecule has 1 aliphatic rings. The van der Waals surface area contributed by atoms with Gasteiger partial charge in [-0.25, -0.2) is 0 Å². The van der Waals surface area contributed by atoms with Crippen LogP contribution in [-0.4, -0.2) is 42.3 Å². The molecule has 4 heteroatoms. The summed E-state index contributed by atoms with van der Waals surface area (Å²) >= 11 is 0. The molecule has 1 amide bonds. The van der Waals surface area contributed by atoms with E-state index < -0.39 is 5.54 Å². The first-order chi connectivity index (χ1) is 5.59.